The quantitative estimate of drug-likeness (QED) is 0.874. The van der Waals surface area contributed by atoms with Crippen LogP contribution in [0.1, 0.15) is 47.5 Å². The van der Waals surface area contributed by atoms with Crippen LogP contribution in [-0.2, 0) is 11.2 Å². The van der Waals surface area contributed by atoms with E-state index in [1.807, 2.05) is 12.1 Å². The van der Waals surface area contributed by atoms with Gasteiger partial charge in [0.1, 0.15) is 0 Å². The van der Waals surface area contributed by atoms with Crippen LogP contribution in [0, 0.1) is 0 Å². The number of aromatic amines is 1. The lowest BCUT2D eigenvalue weighted by molar-refractivity contribution is -0.116. The average molecular weight is 356 g/mol. The molecule has 2 aliphatic rings. The molecule has 2 aromatic rings. The molecule has 1 N–H and O–H groups in total. The van der Waals surface area contributed by atoms with Gasteiger partial charge >= 0.3 is 5.76 Å². The highest BCUT2D eigenvalue weighted by atomic mass is 16.4. The SMILES string of the molecule is CC(=O)N1CCc2cc(C(=O)N3CCCC(c4n[nH]c(=O)o4)C3)ccc21. The Bertz CT molecular complexity index is 916. The zero-order valence-electron chi connectivity index (χ0n) is 14.5. The number of H-pyrrole nitrogens is 1. The highest BCUT2D eigenvalue weighted by molar-refractivity contribution is 5.98. The maximum atomic E-state index is 12.9. The lowest BCUT2D eigenvalue weighted by Crippen LogP contribution is -2.39. The number of carbonyl (C=O) groups excluding carboxylic acids is 2. The summed E-state index contributed by atoms with van der Waals surface area (Å²) in [6, 6.07) is 5.52. The van der Waals surface area contributed by atoms with E-state index in [1.165, 1.54) is 0 Å². The van der Waals surface area contributed by atoms with Crippen LogP contribution in [-0.4, -0.2) is 46.5 Å². The maximum absolute atomic E-state index is 12.9. The first kappa shape index (κ1) is 16.6. The van der Waals surface area contributed by atoms with Gasteiger partial charge in [-0.2, -0.15) is 0 Å². The Kier molecular flexibility index (Phi) is 4.10. The normalized spacial score (nSPS) is 19.5. The van der Waals surface area contributed by atoms with Crippen LogP contribution in [0.3, 0.4) is 0 Å². The van der Waals surface area contributed by atoms with Gasteiger partial charge in [0.05, 0.1) is 5.92 Å². The zero-order chi connectivity index (χ0) is 18.3. The van der Waals surface area contributed by atoms with Crippen molar-refractivity contribution in [1.29, 1.82) is 0 Å². The number of amides is 2. The molecule has 3 heterocycles. The molecule has 0 radical (unpaired) electrons. The molecule has 26 heavy (non-hydrogen) atoms. The summed E-state index contributed by atoms with van der Waals surface area (Å²) < 4.78 is 5.05. The summed E-state index contributed by atoms with van der Waals surface area (Å²) in [4.78, 5) is 39.3. The minimum Gasteiger partial charge on any atom is -0.392 e. The van der Waals surface area contributed by atoms with Gasteiger partial charge in [-0.1, -0.05) is 0 Å². The number of anilines is 1. The van der Waals surface area contributed by atoms with Crippen LogP contribution >= 0.6 is 0 Å². The third-order valence-electron chi connectivity index (χ3n) is 5.11. The number of nitrogens with zero attached hydrogens (tertiary/aromatic N) is 3. The van der Waals surface area contributed by atoms with Crippen LogP contribution in [0.2, 0.25) is 0 Å². The van der Waals surface area contributed by atoms with Crippen LogP contribution < -0.4 is 10.7 Å². The fraction of sp³-hybridized carbons (Fsp3) is 0.444. The molecule has 0 saturated carbocycles. The summed E-state index contributed by atoms with van der Waals surface area (Å²) in [5.41, 5.74) is 2.54. The predicted octanol–water partition coefficient (Wildman–Crippen LogP) is 1.29. The molecule has 1 saturated heterocycles. The van der Waals surface area contributed by atoms with E-state index in [2.05, 4.69) is 10.2 Å². The summed E-state index contributed by atoms with van der Waals surface area (Å²) in [5.74, 6) is -0.316. The average Bonchev–Trinajstić information content (AvgIpc) is 3.27. The second-order valence-electron chi connectivity index (χ2n) is 6.81. The molecule has 1 atom stereocenters. The molecular weight excluding hydrogens is 336 g/mol. The maximum Gasteiger partial charge on any atom is 0.434 e. The highest BCUT2D eigenvalue weighted by Gasteiger charge is 2.30. The van der Waals surface area contributed by atoms with E-state index >= 15 is 0 Å². The number of hydrogen-bond acceptors (Lipinski definition) is 5. The molecule has 2 aliphatic heterocycles. The molecule has 0 spiro atoms. The smallest absolute Gasteiger partial charge is 0.392 e. The topological polar surface area (TPSA) is 99.5 Å². The van der Waals surface area contributed by atoms with Gasteiger partial charge in [0.2, 0.25) is 11.8 Å². The molecular formula is C18H20N4O4. The van der Waals surface area contributed by atoms with Crippen molar-refractivity contribution in [3.63, 3.8) is 0 Å². The van der Waals surface area contributed by atoms with Gasteiger partial charge in [-0.15, -0.1) is 5.10 Å². The molecule has 136 valence electrons. The second-order valence-corrected chi connectivity index (χ2v) is 6.81. The van der Waals surface area contributed by atoms with E-state index < -0.39 is 5.76 Å². The van der Waals surface area contributed by atoms with Crippen LogP contribution in [0.5, 0.6) is 0 Å². The molecule has 8 heteroatoms. The van der Waals surface area contributed by atoms with E-state index in [0.29, 0.717) is 31.1 Å². The number of rotatable bonds is 2. The fourth-order valence-corrected chi connectivity index (χ4v) is 3.82. The number of carbonyl (C=O) groups is 2. The number of piperidine rings is 1. The predicted molar refractivity (Wildman–Crippen MR) is 93.2 cm³/mol. The van der Waals surface area contributed by atoms with E-state index in [9.17, 15) is 14.4 Å². The largest absolute Gasteiger partial charge is 0.434 e. The molecule has 0 aliphatic carbocycles. The molecule has 8 nitrogen and oxygen atoms in total. The van der Waals surface area contributed by atoms with Gasteiger partial charge in [-0.05, 0) is 43.0 Å². The minimum absolute atomic E-state index is 0.0159. The molecule has 1 fully saturated rings. The summed E-state index contributed by atoms with van der Waals surface area (Å²) in [6.07, 6.45) is 2.42. The first-order chi connectivity index (χ1) is 12.5. The fourth-order valence-electron chi connectivity index (χ4n) is 3.82. The summed E-state index contributed by atoms with van der Waals surface area (Å²) in [6.45, 7) is 3.35. The van der Waals surface area contributed by atoms with Crippen molar-refractivity contribution in [1.82, 2.24) is 15.1 Å². The number of likely N-dealkylation sites (tertiary alicyclic amines) is 1. The second kappa shape index (κ2) is 6.44. The third kappa shape index (κ3) is 2.91. The van der Waals surface area contributed by atoms with Crippen LogP contribution in [0.25, 0.3) is 0 Å². The molecule has 1 unspecified atom stereocenters. The molecule has 2 amide bonds. The number of hydrogen-bond donors (Lipinski definition) is 1. The Morgan fingerprint density at radius 3 is 2.88 bits per heavy atom. The van der Waals surface area contributed by atoms with E-state index in [1.54, 1.807) is 22.8 Å². The third-order valence-corrected chi connectivity index (χ3v) is 5.11. The van der Waals surface area contributed by atoms with Gasteiger partial charge < -0.3 is 14.2 Å². The summed E-state index contributed by atoms with van der Waals surface area (Å²) in [7, 11) is 0. The molecule has 4 rings (SSSR count). The van der Waals surface area contributed by atoms with Crippen molar-refractivity contribution in [2.75, 3.05) is 24.5 Å². The highest BCUT2D eigenvalue weighted by Crippen LogP contribution is 2.30. The first-order valence-electron chi connectivity index (χ1n) is 8.78. The Morgan fingerprint density at radius 2 is 2.15 bits per heavy atom. The summed E-state index contributed by atoms with van der Waals surface area (Å²) in [5, 5.41) is 6.17. The van der Waals surface area contributed by atoms with Gasteiger partial charge in [0, 0.05) is 37.8 Å². The standard InChI is InChI=1S/C18H20N4O4/c1-11(23)22-8-6-12-9-13(4-5-15(12)22)17(24)21-7-2-3-14(10-21)16-19-20-18(25)26-16/h4-5,9,14H,2-3,6-8,10H2,1H3,(H,20,25). The first-order valence-corrected chi connectivity index (χ1v) is 8.78. The minimum atomic E-state index is -0.572. The van der Waals surface area contributed by atoms with Crippen molar-refractivity contribution in [3.05, 3.63) is 45.8 Å². The Balaban J connectivity index is 1.52. The molecule has 0 bridgehead atoms. The summed E-state index contributed by atoms with van der Waals surface area (Å²) >= 11 is 0. The van der Waals surface area contributed by atoms with Crippen molar-refractivity contribution in [3.8, 4) is 0 Å². The number of benzene rings is 1. The number of fused-ring (bicyclic) bond motifs is 1. The van der Waals surface area contributed by atoms with Crippen molar-refractivity contribution >= 4 is 17.5 Å². The van der Waals surface area contributed by atoms with Gasteiger partial charge in [0.15, 0.2) is 0 Å². The molecule has 1 aromatic carbocycles. The Labute approximate surface area is 149 Å². The van der Waals surface area contributed by atoms with Crippen molar-refractivity contribution in [2.45, 2.75) is 32.1 Å². The molecule has 1 aromatic heterocycles. The Hall–Kier alpha value is -2.90. The lowest BCUT2D eigenvalue weighted by Gasteiger charge is -2.31. The van der Waals surface area contributed by atoms with Crippen LogP contribution in [0.4, 0.5) is 5.69 Å². The van der Waals surface area contributed by atoms with Gasteiger partial charge in [-0.25, -0.2) is 9.89 Å². The zero-order valence-corrected chi connectivity index (χ0v) is 14.5. The number of nitrogens with one attached hydrogen (secondary N) is 1. The van der Waals surface area contributed by atoms with Crippen molar-refractivity contribution in [2.24, 2.45) is 0 Å². The van der Waals surface area contributed by atoms with E-state index in [0.717, 1.165) is 30.5 Å². The van der Waals surface area contributed by atoms with E-state index in [4.69, 9.17) is 4.42 Å². The number of aromatic nitrogens is 2. The monoisotopic (exact) mass is 356 g/mol. The lowest BCUT2D eigenvalue weighted by atomic mass is 9.97. The Morgan fingerprint density at radius 1 is 1.31 bits per heavy atom. The van der Waals surface area contributed by atoms with E-state index in [-0.39, 0.29) is 17.7 Å². The van der Waals surface area contributed by atoms with Crippen LogP contribution in [0.15, 0.2) is 27.4 Å². The van der Waals surface area contributed by atoms with Gasteiger partial charge in [0.25, 0.3) is 5.91 Å². The van der Waals surface area contributed by atoms with Gasteiger partial charge in [-0.3, -0.25) is 9.59 Å². The van der Waals surface area contributed by atoms with Crippen molar-refractivity contribution < 1.29 is 14.0 Å².